The molecule has 1 atom stereocenters. The molecule has 0 aliphatic heterocycles. The van der Waals surface area contributed by atoms with Gasteiger partial charge in [-0.25, -0.2) is 9.37 Å². The number of H-pyrrole nitrogens is 1. The van der Waals surface area contributed by atoms with Gasteiger partial charge in [-0.05, 0) is 37.3 Å². The molecular formula is C20H18FN5O3S. The molecule has 30 heavy (non-hydrogen) atoms. The number of benzene rings is 2. The normalized spacial score (nSPS) is 12.6. The highest BCUT2D eigenvalue weighted by Gasteiger charge is 2.33. The Bertz CT molecular complexity index is 1080. The van der Waals surface area contributed by atoms with Gasteiger partial charge in [0.15, 0.2) is 5.11 Å². The molecule has 2 aromatic carbocycles. The second-order valence-electron chi connectivity index (χ2n) is 6.74. The number of imidazole rings is 1. The number of carbonyl (C=O) groups is 1. The molecule has 3 rings (SSSR count). The van der Waals surface area contributed by atoms with Gasteiger partial charge in [0.05, 0.1) is 10.5 Å². The Morgan fingerprint density at radius 2 is 2.03 bits per heavy atom. The van der Waals surface area contributed by atoms with E-state index >= 15 is 0 Å². The summed E-state index contributed by atoms with van der Waals surface area (Å²) in [4.78, 5) is 30.0. The monoisotopic (exact) mass is 427 g/mol. The number of nitro benzene ring substituents is 1. The van der Waals surface area contributed by atoms with E-state index in [0.717, 1.165) is 18.2 Å². The van der Waals surface area contributed by atoms with Gasteiger partial charge in [-0.2, -0.15) is 0 Å². The van der Waals surface area contributed by atoms with Crippen molar-refractivity contribution in [3.8, 4) is 0 Å². The Balaban J connectivity index is 1.91. The number of hydrogen-bond acceptors (Lipinski definition) is 5. The Labute approximate surface area is 176 Å². The van der Waals surface area contributed by atoms with Crippen LogP contribution in [0.1, 0.15) is 28.7 Å². The Kier molecular flexibility index (Phi) is 6.17. The molecule has 0 radical (unpaired) electrons. The minimum Gasteiger partial charge on any atom is -0.353 e. The number of nitro groups is 1. The Morgan fingerprint density at radius 1 is 1.30 bits per heavy atom. The number of carbonyl (C=O) groups excluding carboxylic acids is 1. The largest absolute Gasteiger partial charge is 0.353 e. The summed E-state index contributed by atoms with van der Waals surface area (Å²) in [6, 6.07) is 11.7. The maximum absolute atomic E-state index is 14.7. The molecule has 8 nitrogen and oxygen atoms in total. The van der Waals surface area contributed by atoms with Crippen LogP contribution >= 0.6 is 12.2 Å². The molecule has 0 saturated heterocycles. The lowest BCUT2D eigenvalue weighted by atomic mass is 9.87. The summed E-state index contributed by atoms with van der Waals surface area (Å²) < 4.78 is 14.7. The number of nitrogens with one attached hydrogen (secondary N) is 3. The number of non-ortho nitro benzene ring substituents is 1. The van der Waals surface area contributed by atoms with Crippen molar-refractivity contribution < 1.29 is 14.1 Å². The molecule has 0 bridgehead atoms. The number of amides is 1. The molecule has 0 aliphatic rings. The molecule has 0 aliphatic carbocycles. The average Bonchev–Trinajstić information content (AvgIpc) is 3.21. The predicted molar refractivity (Wildman–Crippen MR) is 112 cm³/mol. The van der Waals surface area contributed by atoms with E-state index in [1.165, 1.54) is 6.20 Å². The zero-order chi connectivity index (χ0) is 21.7. The van der Waals surface area contributed by atoms with Crippen molar-refractivity contribution in [3.63, 3.8) is 0 Å². The highest BCUT2D eigenvalue weighted by atomic mass is 32.1. The van der Waals surface area contributed by atoms with E-state index in [4.69, 9.17) is 12.2 Å². The molecule has 0 saturated carbocycles. The van der Waals surface area contributed by atoms with Gasteiger partial charge in [-0.3, -0.25) is 20.2 Å². The van der Waals surface area contributed by atoms with E-state index in [0.29, 0.717) is 11.4 Å². The molecule has 3 N–H and O–H groups in total. The third-order valence-electron chi connectivity index (χ3n) is 4.48. The lowest BCUT2D eigenvalue weighted by molar-refractivity contribution is -0.385. The molecule has 1 aromatic heterocycles. The van der Waals surface area contributed by atoms with Gasteiger partial charge >= 0.3 is 0 Å². The van der Waals surface area contributed by atoms with Crippen molar-refractivity contribution in [2.24, 2.45) is 0 Å². The van der Waals surface area contributed by atoms with Gasteiger partial charge < -0.3 is 10.3 Å². The summed E-state index contributed by atoms with van der Waals surface area (Å²) in [5, 5.41) is 16.6. The second-order valence-corrected chi connectivity index (χ2v) is 7.15. The molecule has 1 amide bonds. The first kappa shape index (κ1) is 21.1. The van der Waals surface area contributed by atoms with E-state index in [1.807, 2.05) is 0 Å². The third-order valence-corrected chi connectivity index (χ3v) is 4.69. The van der Waals surface area contributed by atoms with E-state index < -0.39 is 22.2 Å². The van der Waals surface area contributed by atoms with Gasteiger partial charge in [0, 0.05) is 42.1 Å². The van der Waals surface area contributed by atoms with Gasteiger partial charge in [-0.1, -0.05) is 18.2 Å². The molecular weight excluding hydrogens is 409 g/mol. The molecule has 154 valence electrons. The van der Waals surface area contributed by atoms with Crippen LogP contribution in [0.25, 0.3) is 0 Å². The van der Waals surface area contributed by atoms with Crippen LogP contribution in [0.2, 0.25) is 0 Å². The lowest BCUT2D eigenvalue weighted by Crippen LogP contribution is -2.51. The number of nitrogens with zero attached hydrogens (tertiary/aromatic N) is 2. The smallest absolute Gasteiger partial charge is 0.269 e. The van der Waals surface area contributed by atoms with Crippen molar-refractivity contribution in [2.45, 2.75) is 18.9 Å². The standard InChI is InChI=1S/C20H18FN5O3S/c1-20(12-17-22-9-10-23-17,15-11-14(26(28)29)7-8-16(15)21)25-19(30)24-18(27)13-5-3-2-4-6-13/h2-11H,12H2,1H3,(H,22,23)(H2,24,25,27,30)/t20-/m0/s1. The topological polar surface area (TPSA) is 113 Å². The molecule has 0 unspecified atom stereocenters. The number of aromatic nitrogens is 2. The lowest BCUT2D eigenvalue weighted by Gasteiger charge is -2.32. The van der Waals surface area contributed by atoms with Gasteiger partial charge in [0.25, 0.3) is 11.6 Å². The van der Waals surface area contributed by atoms with Crippen LogP contribution < -0.4 is 10.6 Å². The highest BCUT2D eigenvalue weighted by molar-refractivity contribution is 7.80. The zero-order valence-corrected chi connectivity index (χ0v) is 16.7. The highest BCUT2D eigenvalue weighted by Crippen LogP contribution is 2.30. The summed E-state index contributed by atoms with van der Waals surface area (Å²) in [6.07, 6.45) is 3.27. The van der Waals surface area contributed by atoms with E-state index in [1.54, 1.807) is 43.5 Å². The van der Waals surface area contributed by atoms with Crippen molar-refractivity contribution in [3.05, 3.63) is 93.8 Å². The van der Waals surface area contributed by atoms with Crippen molar-refractivity contribution in [1.82, 2.24) is 20.6 Å². The minimum absolute atomic E-state index is 0.0180. The second kappa shape index (κ2) is 8.78. The maximum Gasteiger partial charge on any atom is 0.269 e. The first-order chi connectivity index (χ1) is 14.3. The Hall–Kier alpha value is -3.66. The molecule has 0 fully saturated rings. The van der Waals surface area contributed by atoms with Crippen LogP contribution in [0.4, 0.5) is 10.1 Å². The van der Waals surface area contributed by atoms with Crippen LogP contribution in [-0.4, -0.2) is 25.9 Å². The van der Waals surface area contributed by atoms with E-state index in [2.05, 4.69) is 20.6 Å². The first-order valence-corrected chi connectivity index (χ1v) is 9.30. The fraction of sp³-hybridized carbons (Fsp3) is 0.150. The summed E-state index contributed by atoms with van der Waals surface area (Å²) in [7, 11) is 0. The quantitative estimate of drug-likeness (QED) is 0.316. The summed E-state index contributed by atoms with van der Waals surface area (Å²) >= 11 is 5.27. The van der Waals surface area contributed by atoms with Crippen LogP contribution in [0.5, 0.6) is 0 Å². The number of aromatic amines is 1. The molecule has 10 heteroatoms. The first-order valence-electron chi connectivity index (χ1n) is 8.90. The SMILES string of the molecule is C[C@@](Cc1ncc[nH]1)(NC(=S)NC(=O)c1ccccc1)c1cc([N+](=O)[O-])ccc1F. The summed E-state index contributed by atoms with van der Waals surface area (Å²) in [5.41, 5.74) is -1.09. The van der Waals surface area contributed by atoms with Crippen LogP contribution in [-0.2, 0) is 12.0 Å². The van der Waals surface area contributed by atoms with Crippen LogP contribution in [0.3, 0.4) is 0 Å². The van der Waals surface area contributed by atoms with Gasteiger partial charge in [-0.15, -0.1) is 0 Å². The molecule has 1 heterocycles. The van der Waals surface area contributed by atoms with Crippen molar-refractivity contribution in [1.29, 1.82) is 0 Å². The number of hydrogen-bond donors (Lipinski definition) is 3. The van der Waals surface area contributed by atoms with Crippen molar-refractivity contribution >= 4 is 28.9 Å². The Morgan fingerprint density at radius 3 is 2.67 bits per heavy atom. The van der Waals surface area contributed by atoms with E-state index in [-0.39, 0.29) is 22.8 Å². The maximum atomic E-state index is 14.7. The van der Waals surface area contributed by atoms with Crippen LogP contribution in [0.15, 0.2) is 60.9 Å². The fourth-order valence-electron chi connectivity index (χ4n) is 3.03. The van der Waals surface area contributed by atoms with Gasteiger partial charge in [0.1, 0.15) is 11.6 Å². The summed E-state index contributed by atoms with van der Waals surface area (Å²) in [6.45, 7) is 1.62. The van der Waals surface area contributed by atoms with E-state index in [9.17, 15) is 19.3 Å². The minimum atomic E-state index is -1.24. The fourth-order valence-corrected chi connectivity index (χ4v) is 3.35. The zero-order valence-electron chi connectivity index (χ0n) is 15.9. The molecule has 0 spiro atoms. The number of thiocarbonyl (C=S) groups is 1. The predicted octanol–water partition coefficient (Wildman–Crippen LogP) is 3.22. The summed E-state index contributed by atoms with van der Waals surface area (Å²) in [5.74, 6) is -0.583. The van der Waals surface area contributed by atoms with Gasteiger partial charge in [0.2, 0.25) is 0 Å². The number of halogens is 1. The molecule has 3 aromatic rings. The van der Waals surface area contributed by atoms with Crippen molar-refractivity contribution in [2.75, 3.05) is 0 Å². The van der Waals surface area contributed by atoms with Crippen LogP contribution in [0, 0.1) is 15.9 Å². The number of rotatable bonds is 6. The third kappa shape index (κ3) is 4.84. The average molecular weight is 427 g/mol.